The number of aromatic amines is 1. The number of nitrogens with zero attached hydrogens (tertiary/aromatic N) is 2. The molecule has 0 radical (unpaired) electrons. The molecule has 0 aliphatic carbocycles. The summed E-state index contributed by atoms with van der Waals surface area (Å²) in [6.07, 6.45) is 2.35. The molecule has 2 unspecified atom stereocenters. The first-order valence-corrected chi connectivity index (χ1v) is 10.0. The van der Waals surface area contributed by atoms with Crippen LogP contribution in [0.5, 0.6) is 5.75 Å². The zero-order chi connectivity index (χ0) is 20.1. The molecule has 2 aromatic carbocycles. The molecular weight excluding hydrogens is 382 g/mol. The number of amides is 1. The van der Waals surface area contributed by atoms with Crippen LogP contribution >= 0.6 is 12.2 Å². The Kier molecular flexibility index (Phi) is 4.17. The van der Waals surface area contributed by atoms with E-state index in [0.29, 0.717) is 18.1 Å². The van der Waals surface area contributed by atoms with Crippen LogP contribution in [-0.2, 0) is 11.2 Å². The van der Waals surface area contributed by atoms with Crippen molar-refractivity contribution < 1.29 is 9.53 Å². The van der Waals surface area contributed by atoms with E-state index in [4.69, 9.17) is 17.0 Å². The number of benzene rings is 2. The third-order valence-corrected chi connectivity index (χ3v) is 6.29. The van der Waals surface area contributed by atoms with E-state index in [0.717, 1.165) is 27.9 Å². The Morgan fingerprint density at radius 2 is 2.10 bits per heavy atom. The molecule has 1 saturated heterocycles. The molecule has 3 heterocycles. The fourth-order valence-electron chi connectivity index (χ4n) is 4.58. The Labute approximate surface area is 174 Å². The summed E-state index contributed by atoms with van der Waals surface area (Å²) in [5.74, 6) is 0.820. The van der Waals surface area contributed by atoms with Crippen LogP contribution in [0, 0.1) is 0 Å². The molecule has 29 heavy (non-hydrogen) atoms. The fraction of sp³-hybridized carbons (Fsp3) is 0.217. The number of nitrogens with one attached hydrogen (secondary N) is 1. The Balaban J connectivity index is 1.73. The molecule has 0 bridgehead atoms. The van der Waals surface area contributed by atoms with Crippen molar-refractivity contribution in [1.82, 2.24) is 14.8 Å². The van der Waals surface area contributed by atoms with Crippen molar-refractivity contribution in [3.05, 3.63) is 78.0 Å². The van der Waals surface area contributed by atoms with Gasteiger partial charge in [-0.05, 0) is 41.5 Å². The molecular formula is C23H21N3O2S. The first kappa shape index (κ1) is 17.9. The second kappa shape index (κ2) is 6.74. The minimum Gasteiger partial charge on any atom is -0.497 e. The third kappa shape index (κ3) is 2.59. The number of thiocarbonyl (C=S) groups is 1. The Hall–Kier alpha value is -3.12. The van der Waals surface area contributed by atoms with Gasteiger partial charge in [-0.15, -0.1) is 6.58 Å². The lowest BCUT2D eigenvalue weighted by Gasteiger charge is -2.37. The van der Waals surface area contributed by atoms with Crippen molar-refractivity contribution in [1.29, 1.82) is 0 Å². The number of carbonyl (C=O) groups is 1. The van der Waals surface area contributed by atoms with Crippen LogP contribution in [0.4, 0.5) is 0 Å². The first-order chi connectivity index (χ1) is 14.1. The van der Waals surface area contributed by atoms with E-state index in [-0.39, 0.29) is 18.0 Å². The number of H-pyrrole nitrogens is 1. The lowest BCUT2D eigenvalue weighted by Crippen LogP contribution is -2.44. The SMILES string of the molecule is C=CCN1C(=O)C2Cc3c([nH]c4ccccc34)C(c3cccc(OC)c3)N2C1=S. The Morgan fingerprint density at radius 3 is 2.90 bits per heavy atom. The number of methoxy groups -OCH3 is 1. The lowest BCUT2D eigenvalue weighted by atomic mass is 9.89. The largest absolute Gasteiger partial charge is 0.497 e. The van der Waals surface area contributed by atoms with E-state index in [9.17, 15) is 4.79 Å². The van der Waals surface area contributed by atoms with E-state index in [1.54, 1.807) is 18.1 Å². The van der Waals surface area contributed by atoms with Crippen molar-refractivity contribution >= 4 is 34.1 Å². The number of ether oxygens (including phenoxy) is 1. The molecule has 5 nitrogen and oxygen atoms in total. The highest BCUT2D eigenvalue weighted by Crippen LogP contribution is 2.44. The summed E-state index contributed by atoms with van der Waals surface area (Å²) >= 11 is 5.77. The highest BCUT2D eigenvalue weighted by atomic mass is 32.1. The van der Waals surface area contributed by atoms with E-state index in [1.165, 1.54) is 5.56 Å². The minimum atomic E-state index is -0.314. The molecule has 0 spiro atoms. The highest BCUT2D eigenvalue weighted by Gasteiger charge is 2.50. The quantitative estimate of drug-likeness (QED) is 0.532. The van der Waals surface area contributed by atoms with E-state index in [2.05, 4.69) is 34.7 Å². The van der Waals surface area contributed by atoms with Gasteiger partial charge in [-0.25, -0.2) is 0 Å². The second-order valence-electron chi connectivity index (χ2n) is 7.39. The average Bonchev–Trinajstić information content (AvgIpc) is 3.23. The van der Waals surface area contributed by atoms with Crippen LogP contribution in [0.3, 0.4) is 0 Å². The van der Waals surface area contributed by atoms with Gasteiger partial charge in [0.1, 0.15) is 11.8 Å². The summed E-state index contributed by atoms with van der Waals surface area (Å²) in [6.45, 7) is 4.21. The lowest BCUT2D eigenvalue weighted by molar-refractivity contribution is -0.128. The Morgan fingerprint density at radius 1 is 1.28 bits per heavy atom. The van der Waals surface area contributed by atoms with Gasteiger partial charge < -0.3 is 14.6 Å². The Bertz CT molecular complexity index is 1150. The van der Waals surface area contributed by atoms with E-state index >= 15 is 0 Å². The van der Waals surface area contributed by atoms with Gasteiger partial charge in [0.15, 0.2) is 5.11 Å². The molecule has 3 aromatic rings. The second-order valence-corrected chi connectivity index (χ2v) is 7.75. The molecule has 2 aliphatic heterocycles. The summed E-state index contributed by atoms with van der Waals surface area (Å²) in [7, 11) is 1.66. The number of rotatable bonds is 4. The summed E-state index contributed by atoms with van der Waals surface area (Å²) in [5.41, 5.74) is 4.39. The van der Waals surface area contributed by atoms with Gasteiger partial charge >= 0.3 is 0 Å². The zero-order valence-corrected chi connectivity index (χ0v) is 16.9. The summed E-state index contributed by atoms with van der Waals surface area (Å²) in [6, 6.07) is 15.7. The molecule has 6 heteroatoms. The molecule has 2 atom stereocenters. The van der Waals surface area contributed by atoms with E-state index in [1.807, 2.05) is 30.3 Å². The normalized spacial score (nSPS) is 20.7. The maximum Gasteiger partial charge on any atom is 0.252 e. The fourth-order valence-corrected chi connectivity index (χ4v) is 4.98. The standard InChI is InChI=1S/C23H21N3O2S/c1-3-11-25-22(27)19-13-17-16-9-4-5-10-18(16)24-20(17)21(26(19)23(25)29)14-7-6-8-15(12-14)28-2/h3-10,12,19,21,24H,1,11,13H2,2H3. The zero-order valence-electron chi connectivity index (χ0n) is 16.1. The summed E-state index contributed by atoms with van der Waals surface area (Å²) in [5, 5.41) is 1.72. The number of carbonyl (C=O) groups excluding carboxylic acids is 1. The smallest absolute Gasteiger partial charge is 0.252 e. The van der Waals surface area contributed by atoms with Crippen molar-refractivity contribution in [3.8, 4) is 5.75 Å². The predicted octanol–water partition coefficient (Wildman–Crippen LogP) is 3.81. The van der Waals surface area contributed by atoms with Gasteiger partial charge in [-0.1, -0.05) is 36.4 Å². The number of para-hydroxylation sites is 1. The number of hydrogen-bond acceptors (Lipinski definition) is 3. The van der Waals surface area contributed by atoms with Crippen LogP contribution in [0.2, 0.25) is 0 Å². The predicted molar refractivity (Wildman–Crippen MR) is 117 cm³/mol. The summed E-state index contributed by atoms with van der Waals surface area (Å²) in [4.78, 5) is 20.6. The molecule has 0 saturated carbocycles. The average molecular weight is 404 g/mol. The van der Waals surface area contributed by atoms with Crippen LogP contribution in [-0.4, -0.2) is 45.5 Å². The van der Waals surface area contributed by atoms with Crippen LogP contribution in [0.15, 0.2) is 61.2 Å². The highest BCUT2D eigenvalue weighted by molar-refractivity contribution is 7.80. The maximum atomic E-state index is 13.2. The minimum absolute atomic E-state index is 0.0405. The molecule has 1 aromatic heterocycles. The molecule has 146 valence electrons. The molecule has 1 amide bonds. The van der Waals surface area contributed by atoms with Gasteiger partial charge in [0.2, 0.25) is 0 Å². The summed E-state index contributed by atoms with van der Waals surface area (Å²) < 4.78 is 5.46. The number of aromatic nitrogens is 1. The number of hydrogen-bond donors (Lipinski definition) is 1. The number of fused-ring (bicyclic) bond motifs is 4. The van der Waals surface area contributed by atoms with Gasteiger partial charge in [-0.3, -0.25) is 9.69 Å². The third-order valence-electron chi connectivity index (χ3n) is 5.86. The van der Waals surface area contributed by atoms with Gasteiger partial charge in [0.25, 0.3) is 5.91 Å². The molecule has 5 rings (SSSR count). The van der Waals surface area contributed by atoms with Crippen molar-refractivity contribution in [2.75, 3.05) is 13.7 Å². The van der Waals surface area contributed by atoms with Crippen molar-refractivity contribution in [2.24, 2.45) is 0 Å². The monoisotopic (exact) mass is 403 g/mol. The first-order valence-electron chi connectivity index (χ1n) is 9.62. The van der Waals surface area contributed by atoms with Gasteiger partial charge in [-0.2, -0.15) is 0 Å². The molecule has 1 fully saturated rings. The van der Waals surface area contributed by atoms with Crippen LogP contribution in [0.1, 0.15) is 22.9 Å². The van der Waals surface area contributed by atoms with E-state index < -0.39 is 0 Å². The van der Waals surface area contributed by atoms with Crippen LogP contribution in [0.25, 0.3) is 10.9 Å². The van der Waals surface area contributed by atoms with Gasteiger partial charge in [0, 0.05) is 29.6 Å². The maximum absolute atomic E-state index is 13.2. The van der Waals surface area contributed by atoms with Crippen molar-refractivity contribution in [3.63, 3.8) is 0 Å². The molecule has 1 N–H and O–H groups in total. The van der Waals surface area contributed by atoms with Gasteiger partial charge in [0.05, 0.1) is 13.2 Å². The van der Waals surface area contributed by atoms with Crippen LogP contribution < -0.4 is 4.74 Å². The molecule has 2 aliphatic rings. The van der Waals surface area contributed by atoms with Crippen molar-refractivity contribution in [2.45, 2.75) is 18.5 Å². The topological polar surface area (TPSA) is 48.6 Å².